The number of nitrogens with two attached hydrogens (primary N) is 1. The van der Waals surface area contributed by atoms with Crippen molar-refractivity contribution in [2.24, 2.45) is 5.73 Å². The molecule has 17 heavy (non-hydrogen) atoms. The van der Waals surface area contributed by atoms with Gasteiger partial charge in [-0.15, -0.1) is 11.8 Å². The summed E-state index contributed by atoms with van der Waals surface area (Å²) >= 11 is 1.62. The summed E-state index contributed by atoms with van der Waals surface area (Å²) in [6, 6.07) is 7.85. The van der Waals surface area contributed by atoms with Crippen molar-refractivity contribution >= 4 is 11.8 Å². The van der Waals surface area contributed by atoms with E-state index < -0.39 is 11.5 Å². The summed E-state index contributed by atoms with van der Waals surface area (Å²) in [6.07, 6.45) is 2.49. The van der Waals surface area contributed by atoms with Gasteiger partial charge in [-0.25, -0.2) is 8.78 Å². The lowest BCUT2D eigenvalue weighted by atomic mass is 9.76. The molecule has 2 N–H and O–H groups in total. The number of alkyl halides is 2. The number of benzene rings is 1. The summed E-state index contributed by atoms with van der Waals surface area (Å²) in [6.45, 7) is 0. The van der Waals surface area contributed by atoms with Gasteiger partial charge in [0.05, 0.1) is 0 Å². The van der Waals surface area contributed by atoms with Crippen molar-refractivity contribution in [2.45, 2.75) is 42.0 Å². The van der Waals surface area contributed by atoms with E-state index in [9.17, 15) is 8.78 Å². The van der Waals surface area contributed by atoms with Crippen LogP contribution >= 0.6 is 11.8 Å². The van der Waals surface area contributed by atoms with Gasteiger partial charge in [-0.2, -0.15) is 0 Å². The van der Waals surface area contributed by atoms with E-state index in [2.05, 4.69) is 0 Å². The molecule has 0 aromatic heterocycles. The van der Waals surface area contributed by atoms with Crippen molar-refractivity contribution < 1.29 is 8.78 Å². The predicted octanol–water partition coefficient (Wildman–Crippen LogP) is 3.77. The van der Waals surface area contributed by atoms with Crippen molar-refractivity contribution in [3.63, 3.8) is 0 Å². The third-order valence-electron chi connectivity index (χ3n) is 3.52. The molecule has 0 saturated heterocycles. The molecule has 0 spiro atoms. The first kappa shape index (κ1) is 12.8. The van der Waals surface area contributed by atoms with Crippen LogP contribution in [0, 0.1) is 0 Å². The van der Waals surface area contributed by atoms with Gasteiger partial charge in [0.2, 0.25) is 5.92 Å². The summed E-state index contributed by atoms with van der Waals surface area (Å²) in [5.41, 5.74) is 6.77. The molecule has 1 fully saturated rings. The molecule has 0 atom stereocenters. The lowest BCUT2D eigenvalue weighted by molar-refractivity contribution is -0.0517. The van der Waals surface area contributed by atoms with Gasteiger partial charge in [0, 0.05) is 23.3 Å². The molecule has 0 amide bonds. The highest BCUT2D eigenvalue weighted by atomic mass is 32.2. The van der Waals surface area contributed by atoms with Crippen molar-refractivity contribution in [2.75, 3.05) is 6.26 Å². The second-order valence-corrected chi connectivity index (χ2v) is 5.56. The second-order valence-electron chi connectivity index (χ2n) is 4.71. The maximum Gasteiger partial charge on any atom is 0.248 e. The molecule has 0 unspecified atom stereocenters. The van der Waals surface area contributed by atoms with Crippen LogP contribution in [0.1, 0.15) is 31.2 Å². The SMILES string of the molecule is CSc1ccccc1C1(N)CCC(F)(F)CC1. The predicted molar refractivity (Wildman–Crippen MR) is 67.5 cm³/mol. The van der Waals surface area contributed by atoms with Crippen LogP contribution in [0.4, 0.5) is 8.78 Å². The lowest BCUT2D eigenvalue weighted by Gasteiger charge is -2.38. The Morgan fingerprint density at radius 1 is 1.12 bits per heavy atom. The van der Waals surface area contributed by atoms with E-state index in [-0.39, 0.29) is 12.8 Å². The van der Waals surface area contributed by atoms with Gasteiger partial charge in [-0.05, 0) is 30.7 Å². The average molecular weight is 257 g/mol. The van der Waals surface area contributed by atoms with Gasteiger partial charge < -0.3 is 5.73 Å². The minimum atomic E-state index is -2.53. The molecule has 1 aromatic rings. The van der Waals surface area contributed by atoms with Crippen LogP contribution in [-0.4, -0.2) is 12.2 Å². The zero-order valence-corrected chi connectivity index (χ0v) is 10.7. The summed E-state index contributed by atoms with van der Waals surface area (Å²) in [4.78, 5) is 1.10. The molecule has 0 aliphatic heterocycles. The number of hydrogen-bond donors (Lipinski definition) is 1. The summed E-state index contributed by atoms with van der Waals surface area (Å²) in [5, 5.41) is 0. The summed E-state index contributed by atoms with van der Waals surface area (Å²) in [7, 11) is 0. The zero-order valence-electron chi connectivity index (χ0n) is 9.88. The Morgan fingerprint density at radius 2 is 1.71 bits per heavy atom. The van der Waals surface area contributed by atoms with Crippen LogP contribution in [0.25, 0.3) is 0 Å². The quantitative estimate of drug-likeness (QED) is 0.816. The first-order valence-electron chi connectivity index (χ1n) is 5.77. The third-order valence-corrected chi connectivity index (χ3v) is 4.31. The average Bonchev–Trinajstić information content (AvgIpc) is 2.33. The van der Waals surface area contributed by atoms with Crippen LogP contribution in [-0.2, 0) is 5.54 Å². The molecule has 1 nitrogen and oxygen atoms in total. The van der Waals surface area contributed by atoms with Gasteiger partial charge in [-0.3, -0.25) is 0 Å². The Hall–Kier alpha value is -0.610. The standard InChI is InChI=1S/C13H17F2NS/c1-17-11-5-3-2-4-10(11)12(16)6-8-13(14,15)9-7-12/h2-5H,6-9,16H2,1H3. The van der Waals surface area contributed by atoms with E-state index in [4.69, 9.17) is 5.73 Å². The Kier molecular flexibility index (Phi) is 3.46. The molecule has 1 aliphatic rings. The molecule has 1 aliphatic carbocycles. The molecule has 2 rings (SSSR count). The first-order chi connectivity index (χ1) is 7.97. The van der Waals surface area contributed by atoms with Gasteiger partial charge in [0.15, 0.2) is 0 Å². The van der Waals surface area contributed by atoms with Gasteiger partial charge in [-0.1, -0.05) is 18.2 Å². The second kappa shape index (κ2) is 4.58. The molecular formula is C13H17F2NS. The first-order valence-corrected chi connectivity index (χ1v) is 7.00. The lowest BCUT2D eigenvalue weighted by Crippen LogP contribution is -2.43. The number of halogens is 2. The molecule has 0 bridgehead atoms. The van der Waals surface area contributed by atoms with Crippen LogP contribution in [0.2, 0.25) is 0 Å². The van der Waals surface area contributed by atoms with E-state index in [0.717, 1.165) is 10.5 Å². The van der Waals surface area contributed by atoms with Crippen LogP contribution < -0.4 is 5.73 Å². The fourth-order valence-electron chi connectivity index (χ4n) is 2.39. The van der Waals surface area contributed by atoms with E-state index >= 15 is 0 Å². The van der Waals surface area contributed by atoms with Crippen LogP contribution in [0.3, 0.4) is 0 Å². The molecule has 1 aromatic carbocycles. The molecular weight excluding hydrogens is 240 g/mol. The van der Waals surface area contributed by atoms with Crippen molar-refractivity contribution in [3.8, 4) is 0 Å². The van der Waals surface area contributed by atoms with Crippen LogP contribution in [0.15, 0.2) is 29.2 Å². The monoisotopic (exact) mass is 257 g/mol. The zero-order chi connectivity index (χ0) is 12.5. The van der Waals surface area contributed by atoms with E-state index in [0.29, 0.717) is 12.8 Å². The fourth-order valence-corrected chi connectivity index (χ4v) is 3.09. The topological polar surface area (TPSA) is 26.0 Å². The summed E-state index contributed by atoms with van der Waals surface area (Å²) < 4.78 is 26.4. The minimum Gasteiger partial charge on any atom is -0.321 e. The van der Waals surface area contributed by atoms with Crippen molar-refractivity contribution in [3.05, 3.63) is 29.8 Å². The summed E-state index contributed by atoms with van der Waals surface area (Å²) in [5.74, 6) is -2.53. The minimum absolute atomic E-state index is 0.105. The normalized spacial score (nSPS) is 22.4. The fraction of sp³-hybridized carbons (Fsp3) is 0.538. The molecule has 0 heterocycles. The van der Waals surface area contributed by atoms with Crippen LogP contribution in [0.5, 0.6) is 0 Å². The van der Waals surface area contributed by atoms with Gasteiger partial charge >= 0.3 is 0 Å². The Bertz CT molecular complexity index is 396. The molecule has 1 saturated carbocycles. The van der Waals surface area contributed by atoms with Gasteiger partial charge in [0.25, 0.3) is 0 Å². The third kappa shape index (κ3) is 2.63. The Balaban J connectivity index is 2.27. The Labute approximate surface area is 105 Å². The number of rotatable bonds is 2. The largest absolute Gasteiger partial charge is 0.321 e. The smallest absolute Gasteiger partial charge is 0.248 e. The number of hydrogen-bond acceptors (Lipinski definition) is 2. The highest BCUT2D eigenvalue weighted by Crippen LogP contribution is 2.44. The Morgan fingerprint density at radius 3 is 2.29 bits per heavy atom. The van der Waals surface area contributed by atoms with E-state index in [1.54, 1.807) is 11.8 Å². The molecule has 0 radical (unpaired) electrons. The maximum atomic E-state index is 13.2. The van der Waals surface area contributed by atoms with Crippen molar-refractivity contribution in [1.29, 1.82) is 0 Å². The van der Waals surface area contributed by atoms with E-state index in [1.807, 2.05) is 30.5 Å². The highest BCUT2D eigenvalue weighted by molar-refractivity contribution is 7.98. The maximum absolute atomic E-state index is 13.2. The molecule has 94 valence electrons. The molecule has 4 heteroatoms. The van der Waals surface area contributed by atoms with Gasteiger partial charge in [0.1, 0.15) is 0 Å². The van der Waals surface area contributed by atoms with Crippen molar-refractivity contribution in [1.82, 2.24) is 0 Å². The van der Waals surface area contributed by atoms with E-state index in [1.165, 1.54) is 0 Å². The highest BCUT2D eigenvalue weighted by Gasteiger charge is 2.42. The number of thioether (sulfide) groups is 1.